The maximum atomic E-state index is 12.5. The number of hydrogen-bond donors (Lipinski definition) is 1. The van der Waals surface area contributed by atoms with Gasteiger partial charge in [-0.3, -0.25) is 14.6 Å². The molecule has 1 aromatic heterocycles. The highest BCUT2D eigenvalue weighted by atomic mass is 16.5. The number of hydrogen-bond acceptors (Lipinski definition) is 5. The zero-order valence-corrected chi connectivity index (χ0v) is 12.4. The van der Waals surface area contributed by atoms with E-state index in [4.69, 9.17) is 4.74 Å². The summed E-state index contributed by atoms with van der Waals surface area (Å²) in [4.78, 5) is 33.7. The fraction of sp³-hybridized carbons (Fsp3) is 0.600. The van der Waals surface area contributed by atoms with E-state index >= 15 is 0 Å². The molecule has 2 atom stereocenters. The van der Waals surface area contributed by atoms with Gasteiger partial charge in [0.2, 0.25) is 17.7 Å². The number of amides is 2. The fourth-order valence-corrected chi connectivity index (χ4v) is 2.95. The third-order valence-electron chi connectivity index (χ3n) is 4.13. The van der Waals surface area contributed by atoms with Crippen LogP contribution in [0.1, 0.15) is 25.7 Å². The number of carbonyl (C=O) groups excluding carboxylic acids is 2. The molecule has 2 aliphatic rings. The van der Waals surface area contributed by atoms with Crippen molar-refractivity contribution in [2.45, 2.75) is 31.8 Å². The van der Waals surface area contributed by atoms with Crippen LogP contribution in [0.5, 0.6) is 5.88 Å². The highest BCUT2D eigenvalue weighted by Crippen LogP contribution is 2.20. The van der Waals surface area contributed by atoms with Crippen molar-refractivity contribution >= 4 is 11.8 Å². The van der Waals surface area contributed by atoms with E-state index in [2.05, 4.69) is 15.3 Å². The molecule has 0 aromatic carbocycles. The standard InChI is InChI=1S/C15H20N4O3/c20-13-4-3-11(8-18-13)15(21)19-7-1-2-12(10-19)22-14-9-16-5-6-17-14/h5-6,9,11-12H,1-4,7-8,10H2,(H,18,20). The van der Waals surface area contributed by atoms with Crippen LogP contribution in [0.25, 0.3) is 0 Å². The molecule has 0 bridgehead atoms. The minimum Gasteiger partial charge on any atom is -0.471 e. The lowest BCUT2D eigenvalue weighted by atomic mass is 9.96. The van der Waals surface area contributed by atoms with Crippen LogP contribution >= 0.6 is 0 Å². The third kappa shape index (κ3) is 3.52. The summed E-state index contributed by atoms with van der Waals surface area (Å²) in [5.41, 5.74) is 0. The van der Waals surface area contributed by atoms with Crippen LogP contribution < -0.4 is 10.1 Å². The second-order valence-electron chi connectivity index (χ2n) is 5.75. The van der Waals surface area contributed by atoms with Gasteiger partial charge in [0.1, 0.15) is 6.10 Å². The Balaban J connectivity index is 1.56. The normalized spacial score (nSPS) is 25.5. The molecule has 2 unspecified atom stereocenters. The molecule has 2 amide bonds. The van der Waals surface area contributed by atoms with E-state index in [0.717, 1.165) is 19.4 Å². The van der Waals surface area contributed by atoms with Gasteiger partial charge in [0.25, 0.3) is 0 Å². The molecule has 7 nitrogen and oxygen atoms in total. The van der Waals surface area contributed by atoms with E-state index in [1.54, 1.807) is 18.6 Å². The molecular weight excluding hydrogens is 284 g/mol. The number of rotatable bonds is 3. The monoisotopic (exact) mass is 304 g/mol. The van der Waals surface area contributed by atoms with Crippen molar-refractivity contribution in [3.05, 3.63) is 18.6 Å². The van der Waals surface area contributed by atoms with Gasteiger partial charge < -0.3 is 15.0 Å². The number of nitrogens with zero attached hydrogens (tertiary/aromatic N) is 3. The maximum Gasteiger partial charge on any atom is 0.232 e. The van der Waals surface area contributed by atoms with Crippen LogP contribution in [0.3, 0.4) is 0 Å². The second kappa shape index (κ2) is 6.72. The topological polar surface area (TPSA) is 84.4 Å². The number of carbonyl (C=O) groups is 2. The van der Waals surface area contributed by atoms with Crippen LogP contribution in [0.15, 0.2) is 18.6 Å². The Morgan fingerprint density at radius 3 is 3.00 bits per heavy atom. The number of ether oxygens (including phenoxy) is 1. The molecule has 0 spiro atoms. The van der Waals surface area contributed by atoms with Gasteiger partial charge in [0.05, 0.1) is 18.7 Å². The highest BCUT2D eigenvalue weighted by Gasteiger charge is 2.32. The van der Waals surface area contributed by atoms with Crippen molar-refractivity contribution in [2.24, 2.45) is 5.92 Å². The van der Waals surface area contributed by atoms with Gasteiger partial charge in [-0.05, 0) is 19.3 Å². The average Bonchev–Trinajstić information content (AvgIpc) is 2.56. The number of piperidine rings is 2. The Hall–Kier alpha value is -2.18. The summed E-state index contributed by atoms with van der Waals surface area (Å²) in [6, 6.07) is 0. The fourth-order valence-electron chi connectivity index (χ4n) is 2.95. The minimum absolute atomic E-state index is 0.0338. The SMILES string of the molecule is O=C1CCC(C(=O)N2CCCC(Oc3cnccn3)C2)CN1. The second-order valence-corrected chi connectivity index (χ2v) is 5.75. The first-order valence-corrected chi connectivity index (χ1v) is 7.70. The zero-order valence-electron chi connectivity index (χ0n) is 12.4. The van der Waals surface area contributed by atoms with Crippen molar-refractivity contribution in [1.29, 1.82) is 0 Å². The third-order valence-corrected chi connectivity index (χ3v) is 4.13. The molecule has 118 valence electrons. The summed E-state index contributed by atoms with van der Waals surface area (Å²) >= 11 is 0. The molecule has 3 rings (SSSR count). The summed E-state index contributed by atoms with van der Waals surface area (Å²) in [5, 5.41) is 2.77. The summed E-state index contributed by atoms with van der Waals surface area (Å²) in [7, 11) is 0. The van der Waals surface area contributed by atoms with E-state index in [9.17, 15) is 9.59 Å². The first-order valence-electron chi connectivity index (χ1n) is 7.70. The molecule has 0 radical (unpaired) electrons. The van der Waals surface area contributed by atoms with E-state index in [0.29, 0.717) is 31.8 Å². The van der Waals surface area contributed by atoms with Gasteiger partial charge in [-0.25, -0.2) is 4.98 Å². The van der Waals surface area contributed by atoms with Gasteiger partial charge >= 0.3 is 0 Å². The van der Waals surface area contributed by atoms with Crippen molar-refractivity contribution in [2.75, 3.05) is 19.6 Å². The Kier molecular flexibility index (Phi) is 4.50. The molecule has 0 saturated carbocycles. The van der Waals surface area contributed by atoms with Crippen LogP contribution in [0.4, 0.5) is 0 Å². The predicted molar refractivity (Wildman–Crippen MR) is 78.0 cm³/mol. The van der Waals surface area contributed by atoms with Crippen molar-refractivity contribution in [3.63, 3.8) is 0 Å². The Bertz CT molecular complexity index is 527. The van der Waals surface area contributed by atoms with Crippen LogP contribution in [0, 0.1) is 5.92 Å². The Labute approximate surface area is 129 Å². The summed E-state index contributed by atoms with van der Waals surface area (Å²) in [5.74, 6) is 0.540. The first kappa shape index (κ1) is 14.7. The molecule has 2 fully saturated rings. The lowest BCUT2D eigenvalue weighted by Gasteiger charge is -2.35. The van der Waals surface area contributed by atoms with Crippen LogP contribution in [-0.2, 0) is 9.59 Å². The lowest BCUT2D eigenvalue weighted by Crippen LogP contribution is -2.50. The summed E-state index contributed by atoms with van der Waals surface area (Å²) < 4.78 is 5.80. The van der Waals surface area contributed by atoms with Gasteiger partial charge in [0.15, 0.2) is 0 Å². The van der Waals surface area contributed by atoms with Gasteiger partial charge in [-0.1, -0.05) is 0 Å². The van der Waals surface area contributed by atoms with E-state index in [-0.39, 0.29) is 23.8 Å². The molecule has 2 aliphatic heterocycles. The predicted octanol–water partition coefficient (Wildman–Crippen LogP) is 0.373. The Morgan fingerprint density at radius 2 is 2.27 bits per heavy atom. The van der Waals surface area contributed by atoms with Crippen molar-refractivity contribution in [1.82, 2.24) is 20.2 Å². The molecule has 7 heteroatoms. The zero-order chi connectivity index (χ0) is 15.4. The molecule has 0 aliphatic carbocycles. The number of likely N-dealkylation sites (tertiary alicyclic amines) is 1. The largest absolute Gasteiger partial charge is 0.471 e. The molecule has 22 heavy (non-hydrogen) atoms. The first-order chi connectivity index (χ1) is 10.7. The van der Waals surface area contributed by atoms with E-state index in [1.165, 1.54) is 0 Å². The quantitative estimate of drug-likeness (QED) is 0.872. The van der Waals surface area contributed by atoms with Crippen LogP contribution in [-0.4, -0.2) is 52.4 Å². The molecule has 1 aromatic rings. The highest BCUT2D eigenvalue weighted by molar-refractivity contribution is 5.83. The smallest absolute Gasteiger partial charge is 0.232 e. The molecule has 3 heterocycles. The number of aromatic nitrogens is 2. The van der Waals surface area contributed by atoms with Gasteiger partial charge in [0, 0.05) is 31.9 Å². The van der Waals surface area contributed by atoms with E-state index in [1.807, 2.05) is 4.90 Å². The van der Waals surface area contributed by atoms with Crippen LogP contribution in [0.2, 0.25) is 0 Å². The molecule has 2 saturated heterocycles. The van der Waals surface area contributed by atoms with Crippen molar-refractivity contribution in [3.8, 4) is 5.88 Å². The number of nitrogens with one attached hydrogen (secondary N) is 1. The summed E-state index contributed by atoms with van der Waals surface area (Å²) in [6.07, 6.45) is 7.61. The minimum atomic E-state index is -0.104. The maximum absolute atomic E-state index is 12.5. The van der Waals surface area contributed by atoms with Crippen molar-refractivity contribution < 1.29 is 14.3 Å². The summed E-state index contributed by atoms with van der Waals surface area (Å²) in [6.45, 7) is 1.77. The lowest BCUT2D eigenvalue weighted by molar-refractivity contribution is -0.140. The average molecular weight is 304 g/mol. The van der Waals surface area contributed by atoms with Gasteiger partial charge in [-0.15, -0.1) is 0 Å². The Morgan fingerprint density at radius 1 is 1.36 bits per heavy atom. The molecular formula is C15H20N4O3. The van der Waals surface area contributed by atoms with Gasteiger partial charge in [-0.2, -0.15) is 0 Å². The van der Waals surface area contributed by atoms with E-state index < -0.39 is 0 Å². The molecule has 1 N–H and O–H groups in total.